The average molecular weight is 641 g/mol. The molecule has 10 nitrogen and oxygen atoms in total. The van der Waals surface area contributed by atoms with Gasteiger partial charge in [0, 0.05) is 42.9 Å². The van der Waals surface area contributed by atoms with Crippen molar-refractivity contribution in [2.45, 2.75) is 19.8 Å². The number of aromatic nitrogens is 2. The Bertz CT molecular complexity index is 1450. The molecule has 0 radical (unpaired) electrons. The van der Waals surface area contributed by atoms with Gasteiger partial charge in [0.1, 0.15) is 19.0 Å². The maximum absolute atomic E-state index is 13.6. The first kappa shape index (κ1) is 31.0. The van der Waals surface area contributed by atoms with Crippen molar-refractivity contribution >= 4 is 27.9 Å². The number of hydrogen-bond acceptors (Lipinski definition) is 9. The molecular formula is C31H34BrN3O7. The molecule has 0 unspecified atom stereocenters. The van der Waals surface area contributed by atoms with E-state index in [1.165, 1.54) is 14.2 Å². The minimum Gasteiger partial charge on any atom is -0.496 e. The summed E-state index contributed by atoms with van der Waals surface area (Å²) in [5, 5.41) is 8.14. The van der Waals surface area contributed by atoms with E-state index in [0.717, 1.165) is 15.7 Å². The number of ether oxygens (including phenoxy) is 5. The zero-order valence-electron chi connectivity index (χ0n) is 24.2. The van der Waals surface area contributed by atoms with Gasteiger partial charge in [0.2, 0.25) is 0 Å². The fourth-order valence-corrected chi connectivity index (χ4v) is 5.33. The van der Waals surface area contributed by atoms with Crippen LogP contribution in [-0.2, 0) is 28.5 Å². The number of rotatable bonds is 12. The van der Waals surface area contributed by atoms with Gasteiger partial charge in [0.15, 0.2) is 0 Å². The van der Waals surface area contributed by atoms with Crippen molar-refractivity contribution in [3.63, 3.8) is 0 Å². The van der Waals surface area contributed by atoms with E-state index in [4.69, 9.17) is 28.8 Å². The summed E-state index contributed by atoms with van der Waals surface area (Å²) in [6.45, 7) is 4.12. The quantitative estimate of drug-likeness (QED) is 0.218. The molecule has 0 fully saturated rings. The SMILES string of the molecule is COCCOC(=O)C1=C(C)NC(C)=C(C(=O)OCCOC)C1c1cn(-c2ccccc2)nc1-c1ccc(OC)c(Br)c1. The molecule has 1 N–H and O–H groups in total. The van der Waals surface area contributed by atoms with Crippen LogP contribution < -0.4 is 10.1 Å². The van der Waals surface area contributed by atoms with E-state index >= 15 is 0 Å². The van der Waals surface area contributed by atoms with Crippen LogP contribution in [-0.4, -0.2) is 69.5 Å². The monoisotopic (exact) mass is 639 g/mol. The van der Waals surface area contributed by atoms with Gasteiger partial charge < -0.3 is 29.0 Å². The van der Waals surface area contributed by atoms with Gasteiger partial charge in [0.25, 0.3) is 0 Å². The first-order valence-electron chi connectivity index (χ1n) is 13.3. The van der Waals surface area contributed by atoms with Crippen molar-refractivity contribution in [3.8, 4) is 22.7 Å². The average Bonchev–Trinajstić information content (AvgIpc) is 3.42. The maximum atomic E-state index is 13.6. The molecule has 0 atom stereocenters. The van der Waals surface area contributed by atoms with Gasteiger partial charge >= 0.3 is 11.9 Å². The van der Waals surface area contributed by atoms with E-state index in [0.29, 0.717) is 28.4 Å². The van der Waals surface area contributed by atoms with Gasteiger partial charge in [-0.15, -0.1) is 0 Å². The number of hydrogen-bond donors (Lipinski definition) is 1. The van der Waals surface area contributed by atoms with Gasteiger partial charge in [-0.25, -0.2) is 14.3 Å². The van der Waals surface area contributed by atoms with E-state index in [9.17, 15) is 9.59 Å². The number of para-hydroxylation sites is 1. The smallest absolute Gasteiger partial charge is 0.336 e. The number of nitrogens with one attached hydrogen (secondary N) is 1. The van der Waals surface area contributed by atoms with E-state index in [1.807, 2.05) is 54.7 Å². The summed E-state index contributed by atoms with van der Waals surface area (Å²) in [7, 11) is 4.65. The normalized spacial score (nSPS) is 13.7. The Balaban J connectivity index is 1.95. The molecule has 11 heteroatoms. The first-order valence-corrected chi connectivity index (χ1v) is 14.1. The predicted molar refractivity (Wildman–Crippen MR) is 160 cm³/mol. The number of allylic oxidation sites excluding steroid dienone is 2. The van der Waals surface area contributed by atoms with Crippen molar-refractivity contribution in [2.75, 3.05) is 47.8 Å². The summed E-state index contributed by atoms with van der Waals surface area (Å²) in [6.07, 6.45) is 1.84. The van der Waals surface area contributed by atoms with Crippen molar-refractivity contribution in [1.82, 2.24) is 15.1 Å². The van der Waals surface area contributed by atoms with Crippen LogP contribution in [0.3, 0.4) is 0 Å². The van der Waals surface area contributed by atoms with Gasteiger partial charge in [-0.1, -0.05) is 18.2 Å². The summed E-state index contributed by atoms with van der Waals surface area (Å²) in [4.78, 5) is 27.3. The zero-order valence-corrected chi connectivity index (χ0v) is 25.8. The fraction of sp³-hybridized carbons (Fsp3) is 0.323. The van der Waals surface area contributed by atoms with Gasteiger partial charge in [0.05, 0.1) is 53.2 Å². The largest absolute Gasteiger partial charge is 0.496 e. The lowest BCUT2D eigenvalue weighted by molar-refractivity contribution is -0.141. The van der Waals surface area contributed by atoms with Gasteiger partial charge in [-0.05, 0) is 60.1 Å². The molecule has 0 saturated heterocycles. The lowest BCUT2D eigenvalue weighted by Gasteiger charge is -2.30. The van der Waals surface area contributed by atoms with E-state index in [1.54, 1.807) is 25.6 Å². The number of carbonyl (C=O) groups is 2. The van der Waals surface area contributed by atoms with Crippen molar-refractivity contribution in [1.29, 1.82) is 0 Å². The van der Waals surface area contributed by atoms with Gasteiger partial charge in [-0.2, -0.15) is 5.10 Å². The minimum absolute atomic E-state index is 0.0523. The van der Waals surface area contributed by atoms with Crippen molar-refractivity contribution in [2.24, 2.45) is 0 Å². The Morgan fingerprint density at radius 2 is 1.48 bits per heavy atom. The Kier molecular flexibility index (Phi) is 10.6. The summed E-state index contributed by atoms with van der Waals surface area (Å²) < 4.78 is 29.2. The molecule has 0 aliphatic carbocycles. The number of carbonyl (C=O) groups excluding carboxylic acids is 2. The highest BCUT2D eigenvalue weighted by Crippen LogP contribution is 2.44. The third kappa shape index (κ3) is 6.75. The summed E-state index contributed by atoms with van der Waals surface area (Å²) >= 11 is 3.58. The second-order valence-corrected chi connectivity index (χ2v) is 10.3. The molecule has 0 amide bonds. The number of esters is 2. The summed E-state index contributed by atoms with van der Waals surface area (Å²) in [5.41, 5.74) is 4.41. The van der Waals surface area contributed by atoms with Crippen molar-refractivity contribution < 1.29 is 33.3 Å². The highest BCUT2D eigenvalue weighted by Gasteiger charge is 2.40. The number of benzene rings is 2. The molecule has 1 aromatic heterocycles. The second-order valence-electron chi connectivity index (χ2n) is 9.46. The Morgan fingerprint density at radius 3 is 2.00 bits per heavy atom. The van der Waals surface area contributed by atoms with Gasteiger partial charge in [-0.3, -0.25) is 0 Å². The molecule has 0 saturated carbocycles. The Morgan fingerprint density at radius 1 is 0.881 bits per heavy atom. The molecule has 1 aliphatic rings. The molecule has 0 spiro atoms. The second kappa shape index (κ2) is 14.3. The van der Waals surface area contributed by atoms with Crippen LogP contribution >= 0.6 is 15.9 Å². The Hall–Kier alpha value is -3.93. The highest BCUT2D eigenvalue weighted by molar-refractivity contribution is 9.10. The number of methoxy groups -OCH3 is 3. The van der Waals surface area contributed by atoms with Crippen LogP contribution in [0.1, 0.15) is 25.3 Å². The summed E-state index contributed by atoms with van der Waals surface area (Å²) in [5.74, 6) is -1.36. The molecule has 0 bridgehead atoms. The van der Waals surface area contributed by atoms with Crippen LogP contribution in [0.4, 0.5) is 0 Å². The topological polar surface area (TPSA) is 110 Å². The van der Waals surface area contributed by atoms with Crippen LogP contribution in [0.2, 0.25) is 0 Å². The van der Waals surface area contributed by atoms with Crippen molar-refractivity contribution in [3.05, 3.63) is 87.3 Å². The lowest BCUT2D eigenvalue weighted by atomic mass is 9.79. The molecule has 222 valence electrons. The molecule has 1 aliphatic heterocycles. The van der Waals surface area contributed by atoms with E-state index < -0.39 is 17.9 Å². The predicted octanol–water partition coefficient (Wildman–Crippen LogP) is 4.92. The maximum Gasteiger partial charge on any atom is 0.336 e. The standard InChI is InChI=1S/C31H34BrN3O7/c1-19-26(30(36)41-15-13-38-3)28(27(20(2)33-19)31(37)42-16-14-39-4)23-18-35(22-9-7-6-8-10-22)34-29(23)21-11-12-25(40-5)24(32)17-21/h6-12,17-18,28,33H,13-16H2,1-5H3. The fourth-order valence-electron chi connectivity index (χ4n) is 4.79. The number of nitrogens with zero attached hydrogens (tertiary/aromatic N) is 2. The van der Waals surface area contributed by atoms with Crippen LogP contribution in [0.15, 0.2) is 81.7 Å². The van der Waals surface area contributed by atoms with Crippen LogP contribution in [0.25, 0.3) is 16.9 Å². The molecule has 2 aromatic carbocycles. The number of halogens is 1. The third-order valence-corrected chi connectivity index (χ3v) is 7.36. The zero-order chi connectivity index (χ0) is 30.2. The van der Waals surface area contributed by atoms with Crippen LogP contribution in [0.5, 0.6) is 5.75 Å². The molecular weight excluding hydrogens is 606 g/mol. The minimum atomic E-state index is -0.857. The highest BCUT2D eigenvalue weighted by atomic mass is 79.9. The van der Waals surface area contributed by atoms with E-state index in [-0.39, 0.29) is 37.6 Å². The van der Waals surface area contributed by atoms with E-state index in [2.05, 4.69) is 21.2 Å². The molecule has 42 heavy (non-hydrogen) atoms. The third-order valence-electron chi connectivity index (χ3n) is 6.74. The molecule has 3 aromatic rings. The molecule has 4 rings (SSSR count). The molecule has 2 heterocycles. The lowest BCUT2D eigenvalue weighted by Crippen LogP contribution is -2.33. The first-order chi connectivity index (χ1) is 20.3. The summed E-state index contributed by atoms with van der Waals surface area (Å²) in [6, 6.07) is 15.2. The number of dihydropyridines is 1. The van der Waals surface area contributed by atoms with Crippen LogP contribution in [0, 0.1) is 0 Å². The Labute approximate surface area is 253 Å².